The maximum atomic E-state index is 13.0. The van der Waals surface area contributed by atoms with Crippen LogP contribution in [0.1, 0.15) is 0 Å². The fourth-order valence-corrected chi connectivity index (χ4v) is 1.89. The van der Waals surface area contributed by atoms with Gasteiger partial charge in [0.2, 0.25) is 0 Å². The maximum Gasteiger partial charge on any atom is 0.496 e. The van der Waals surface area contributed by atoms with E-state index in [1.54, 1.807) is 9.47 Å². The summed E-state index contributed by atoms with van der Waals surface area (Å²) in [6, 6.07) is 0. The predicted octanol–water partition coefficient (Wildman–Crippen LogP) is 7.34. The van der Waals surface area contributed by atoms with Crippen molar-refractivity contribution in [1.82, 2.24) is 0 Å². The zero-order valence-corrected chi connectivity index (χ0v) is 25.5. The number of hydrogen-bond donors (Lipinski definition) is 0. The van der Waals surface area contributed by atoms with Crippen LogP contribution in [0.2, 0.25) is 0 Å². The second kappa shape index (κ2) is 17.6. The highest BCUT2D eigenvalue weighted by Crippen LogP contribution is 2.48. The van der Waals surface area contributed by atoms with Crippen LogP contribution in [0.5, 0.6) is 0 Å². The Labute approximate surface area is 295 Å². The topological polar surface area (TPSA) is 124 Å². The molecule has 0 aliphatic heterocycles. The molecule has 0 aromatic carbocycles. The molecule has 0 saturated heterocycles. The lowest BCUT2D eigenvalue weighted by Gasteiger charge is -2.32. The summed E-state index contributed by atoms with van der Waals surface area (Å²) in [6.07, 6.45) is -56.4. The molecule has 0 aliphatic rings. The summed E-state index contributed by atoms with van der Waals surface area (Å²) in [5.41, 5.74) is 0. The van der Waals surface area contributed by atoms with E-state index in [9.17, 15) is 142 Å². The van der Waals surface area contributed by atoms with Crippen molar-refractivity contribution < 1.29 is 171 Å². The van der Waals surface area contributed by atoms with Crippen LogP contribution >= 0.6 is 0 Å². The van der Waals surface area contributed by atoms with Gasteiger partial charge in [0.1, 0.15) is 13.2 Å². The molecule has 0 unspecified atom stereocenters. The molecule has 10 nitrogen and oxygen atoms in total. The number of alkyl halides is 28. The molecule has 0 bridgehead atoms. The molecule has 0 amide bonds. The Morgan fingerprint density at radius 1 is 0.293 bits per heavy atom. The van der Waals surface area contributed by atoms with Gasteiger partial charge in [-0.1, -0.05) is 0 Å². The summed E-state index contributed by atoms with van der Waals surface area (Å²) in [5, 5.41) is 0. The van der Waals surface area contributed by atoms with Crippen molar-refractivity contribution >= 4 is 23.9 Å². The van der Waals surface area contributed by atoms with E-state index in [2.05, 4.69) is 14.2 Å². The molecule has 0 aromatic heterocycles. The molecule has 0 N–H and O–H groups in total. The minimum atomic E-state index is -7.55. The van der Waals surface area contributed by atoms with E-state index >= 15 is 0 Å². The van der Waals surface area contributed by atoms with Gasteiger partial charge in [-0.25, -0.2) is 23.9 Å². The van der Waals surface area contributed by atoms with Crippen molar-refractivity contribution in [2.24, 2.45) is 0 Å². The van der Waals surface area contributed by atoms with Gasteiger partial charge in [-0.3, -0.25) is 0 Å². The van der Waals surface area contributed by atoms with Crippen molar-refractivity contribution in [2.75, 3.05) is 26.4 Å². The second-order valence-corrected chi connectivity index (χ2v) is 9.12. The van der Waals surface area contributed by atoms with Crippen LogP contribution in [0.4, 0.5) is 123 Å². The number of ether oxygens (including phenoxy) is 6. The zero-order chi connectivity index (χ0) is 47.4. The summed E-state index contributed by atoms with van der Waals surface area (Å²) >= 11 is 0. The third-order valence-corrected chi connectivity index (χ3v) is 4.75. The minimum Gasteiger partial charge on any atom is -0.459 e. The first kappa shape index (κ1) is 55.9. The van der Waals surface area contributed by atoms with E-state index < -0.39 is 123 Å². The number of esters is 4. The van der Waals surface area contributed by atoms with Crippen molar-refractivity contribution in [3.63, 3.8) is 0 Å². The van der Waals surface area contributed by atoms with Gasteiger partial charge in [0, 0.05) is 0 Å². The smallest absolute Gasteiger partial charge is 0.459 e. The summed E-state index contributed by atoms with van der Waals surface area (Å²) in [5.74, 6) is -40.6. The van der Waals surface area contributed by atoms with Crippen LogP contribution in [0.15, 0.2) is 0 Å². The molecule has 0 rings (SSSR count). The highest BCUT2D eigenvalue weighted by atomic mass is 19.4. The average Bonchev–Trinajstić information content (AvgIpc) is 2.97. The largest absolute Gasteiger partial charge is 0.496 e. The molecule has 0 radical (unpaired) electrons. The third kappa shape index (κ3) is 13.4. The lowest BCUT2D eigenvalue weighted by atomic mass is 10.3. The molecule has 0 aliphatic carbocycles. The molecule has 38 heteroatoms. The van der Waals surface area contributed by atoms with Gasteiger partial charge in [0.25, 0.3) is 0 Å². The fraction of sp³-hybridized carbons (Fsp3) is 0.800. The SMILES string of the molecule is O=C(OC(F)(F)C(F)(F)OC(F)(F)C(F)(F)OC(=O)C(F)(F)C(F)(F)F)C(F)(F)C(F)(F)F.O=C(OCCOCCOC(=O)C(F)(F)C(F)(F)F)C(F)(F)C(F)(F)F. The standard InChI is InChI=1S/C10F18O5.C10H8F10O5/c11-3(12,5(15,16)17)1(29)31-7(21,22)9(25,26)33-10(27,28)8(23,24)32-2(30)4(13,14)6(18,19)20;11-7(12,9(15,16)17)5(21)24-3-1-23-2-4-25-6(22)8(13,14)10(18,19)20/h;1-4H2. The summed E-state index contributed by atoms with van der Waals surface area (Å²) < 4.78 is 360. The Kier molecular flexibility index (Phi) is 17.0. The maximum absolute atomic E-state index is 13.0. The Hall–Kier alpha value is -4.16. The summed E-state index contributed by atoms with van der Waals surface area (Å²) in [4.78, 5) is 41.6. The normalized spacial score (nSPS) is 14.6. The van der Waals surface area contributed by atoms with E-state index in [1.165, 1.54) is 4.74 Å². The highest BCUT2D eigenvalue weighted by molar-refractivity contribution is 5.80. The van der Waals surface area contributed by atoms with Gasteiger partial charge in [0.15, 0.2) is 0 Å². The number of carbonyl (C=O) groups is 4. The number of hydrogen-bond acceptors (Lipinski definition) is 10. The Balaban J connectivity index is 0. The van der Waals surface area contributed by atoms with Crippen LogP contribution in [0.3, 0.4) is 0 Å². The molecule has 58 heavy (non-hydrogen) atoms. The van der Waals surface area contributed by atoms with Gasteiger partial charge in [0.05, 0.1) is 13.2 Å². The lowest BCUT2D eigenvalue weighted by Crippen LogP contribution is -2.58. The van der Waals surface area contributed by atoms with Gasteiger partial charge in [-0.05, 0) is 0 Å². The molecule has 0 aromatic rings. The first-order chi connectivity index (χ1) is 25.0. The van der Waals surface area contributed by atoms with E-state index in [4.69, 9.17) is 0 Å². The average molecular weight is 940 g/mol. The Morgan fingerprint density at radius 2 is 0.500 bits per heavy atom. The third-order valence-electron chi connectivity index (χ3n) is 4.75. The van der Waals surface area contributed by atoms with Gasteiger partial charge in [-0.2, -0.15) is 123 Å². The van der Waals surface area contributed by atoms with Gasteiger partial charge in [-0.15, -0.1) is 0 Å². The Bertz CT molecular complexity index is 1320. The molecule has 0 atom stereocenters. The fourth-order valence-electron chi connectivity index (χ4n) is 1.89. The van der Waals surface area contributed by atoms with Crippen LogP contribution in [-0.2, 0) is 47.6 Å². The van der Waals surface area contributed by atoms with Crippen LogP contribution in [0.25, 0.3) is 0 Å². The second-order valence-electron chi connectivity index (χ2n) is 9.12. The molecule has 0 heterocycles. The summed E-state index contributed by atoms with van der Waals surface area (Å²) in [6.45, 7) is -3.88. The van der Waals surface area contributed by atoms with E-state index in [0.717, 1.165) is 0 Å². The first-order valence-electron chi connectivity index (χ1n) is 12.4. The first-order valence-corrected chi connectivity index (χ1v) is 12.4. The van der Waals surface area contributed by atoms with Crippen molar-refractivity contribution in [3.05, 3.63) is 0 Å². The summed E-state index contributed by atoms with van der Waals surface area (Å²) in [7, 11) is 0. The van der Waals surface area contributed by atoms with E-state index in [0.29, 0.717) is 0 Å². The molecule has 0 spiro atoms. The van der Waals surface area contributed by atoms with Crippen LogP contribution < -0.4 is 0 Å². The van der Waals surface area contributed by atoms with Crippen molar-refractivity contribution in [1.29, 1.82) is 0 Å². The minimum absolute atomic E-state index is 0.826. The molecular weight excluding hydrogens is 932 g/mol. The van der Waals surface area contributed by atoms with E-state index in [1.807, 2.05) is 0 Å². The van der Waals surface area contributed by atoms with Crippen LogP contribution in [0, 0.1) is 0 Å². The molecule has 344 valence electrons. The number of carbonyl (C=O) groups excluding carboxylic acids is 4. The molecule has 0 fully saturated rings. The molecular formula is C20H8F28O10. The van der Waals surface area contributed by atoms with E-state index in [-0.39, 0.29) is 0 Å². The van der Waals surface area contributed by atoms with Crippen LogP contribution in [-0.4, -0.2) is 123 Å². The zero-order valence-electron chi connectivity index (χ0n) is 25.5. The Morgan fingerprint density at radius 3 is 0.707 bits per heavy atom. The number of halogens is 28. The molecule has 0 saturated carbocycles. The number of rotatable bonds is 16. The monoisotopic (exact) mass is 940 g/mol. The predicted molar refractivity (Wildman–Crippen MR) is 110 cm³/mol. The lowest BCUT2D eigenvalue weighted by molar-refractivity contribution is -0.520. The highest BCUT2D eigenvalue weighted by Gasteiger charge is 2.77. The quantitative estimate of drug-likeness (QED) is 0.0673. The van der Waals surface area contributed by atoms with Crippen molar-refractivity contribution in [3.8, 4) is 0 Å². The van der Waals surface area contributed by atoms with Crippen molar-refractivity contribution in [2.45, 2.75) is 72.8 Å². The van der Waals surface area contributed by atoms with Gasteiger partial charge >= 0.3 is 96.7 Å². The van der Waals surface area contributed by atoms with Gasteiger partial charge < -0.3 is 23.7 Å².